The maximum absolute atomic E-state index is 11.9. The topological polar surface area (TPSA) is 34.9 Å². The molecule has 0 amide bonds. The Morgan fingerprint density at radius 3 is 2.62 bits per heavy atom. The highest BCUT2D eigenvalue weighted by molar-refractivity contribution is 6.30. The summed E-state index contributed by atoms with van der Waals surface area (Å²) in [5.74, 6) is 0.0738. The Morgan fingerprint density at radius 2 is 2.06 bits per heavy atom. The second kappa shape index (κ2) is 4.49. The SMILES string of the molecule is Cn1cc(CC(=O)c2ccc(Cl)cc2)cn1. The molecule has 0 aliphatic heterocycles. The Bertz CT molecular complexity index is 502. The molecular formula is C12H11ClN2O. The molecule has 0 saturated heterocycles. The highest BCUT2D eigenvalue weighted by Crippen LogP contribution is 2.12. The number of nitrogens with zero attached hydrogens (tertiary/aromatic N) is 2. The fourth-order valence-corrected chi connectivity index (χ4v) is 1.61. The van der Waals surface area contributed by atoms with Gasteiger partial charge in [-0.25, -0.2) is 0 Å². The third-order valence-corrected chi connectivity index (χ3v) is 2.54. The first-order chi connectivity index (χ1) is 7.65. The number of aryl methyl sites for hydroxylation is 1. The van der Waals surface area contributed by atoms with Crippen LogP contribution in [0.2, 0.25) is 5.02 Å². The Kier molecular flexibility index (Phi) is 3.06. The minimum absolute atomic E-state index is 0.0738. The standard InChI is InChI=1S/C12H11ClN2O/c1-15-8-9(7-14-15)6-12(16)10-2-4-11(13)5-3-10/h2-5,7-8H,6H2,1H3. The van der Waals surface area contributed by atoms with Crippen molar-refractivity contribution in [2.45, 2.75) is 6.42 Å². The van der Waals surface area contributed by atoms with Crippen LogP contribution in [0.3, 0.4) is 0 Å². The third kappa shape index (κ3) is 2.49. The van der Waals surface area contributed by atoms with Crippen LogP contribution in [0.15, 0.2) is 36.7 Å². The Hall–Kier alpha value is -1.61. The Balaban J connectivity index is 2.11. The van der Waals surface area contributed by atoms with Gasteiger partial charge in [-0.2, -0.15) is 5.10 Å². The molecule has 0 unspecified atom stereocenters. The van der Waals surface area contributed by atoms with E-state index < -0.39 is 0 Å². The Labute approximate surface area is 98.7 Å². The molecule has 0 atom stereocenters. The van der Waals surface area contributed by atoms with Gasteiger partial charge in [0.2, 0.25) is 0 Å². The molecule has 3 nitrogen and oxygen atoms in total. The second-order valence-electron chi connectivity index (χ2n) is 3.63. The number of aromatic nitrogens is 2. The van der Waals surface area contributed by atoms with Crippen LogP contribution in [-0.4, -0.2) is 15.6 Å². The third-order valence-electron chi connectivity index (χ3n) is 2.29. The summed E-state index contributed by atoms with van der Waals surface area (Å²) in [6.45, 7) is 0. The van der Waals surface area contributed by atoms with Crippen molar-refractivity contribution in [3.8, 4) is 0 Å². The number of benzene rings is 1. The number of hydrogen-bond acceptors (Lipinski definition) is 2. The minimum Gasteiger partial charge on any atom is -0.294 e. The molecule has 1 aromatic heterocycles. The summed E-state index contributed by atoms with van der Waals surface area (Å²) >= 11 is 5.76. The molecule has 0 bridgehead atoms. The minimum atomic E-state index is 0.0738. The van der Waals surface area contributed by atoms with Crippen LogP contribution in [0.4, 0.5) is 0 Å². The highest BCUT2D eigenvalue weighted by atomic mass is 35.5. The van der Waals surface area contributed by atoms with Crippen molar-refractivity contribution in [3.63, 3.8) is 0 Å². The number of carbonyl (C=O) groups is 1. The van der Waals surface area contributed by atoms with E-state index in [1.807, 2.05) is 13.2 Å². The molecule has 0 saturated carbocycles. The molecule has 1 aromatic carbocycles. The van der Waals surface area contributed by atoms with E-state index >= 15 is 0 Å². The van der Waals surface area contributed by atoms with Gasteiger partial charge in [-0.05, 0) is 29.8 Å². The summed E-state index contributed by atoms with van der Waals surface area (Å²) in [6, 6.07) is 6.91. The number of Topliss-reactive ketones (excluding diaryl/α,β-unsaturated/α-hetero) is 1. The van der Waals surface area contributed by atoms with Crippen molar-refractivity contribution in [1.82, 2.24) is 9.78 Å². The molecule has 2 rings (SSSR count). The van der Waals surface area contributed by atoms with E-state index in [-0.39, 0.29) is 5.78 Å². The lowest BCUT2D eigenvalue weighted by Gasteiger charge is -1.98. The van der Waals surface area contributed by atoms with E-state index in [9.17, 15) is 4.79 Å². The van der Waals surface area contributed by atoms with Gasteiger partial charge in [0.1, 0.15) is 0 Å². The van der Waals surface area contributed by atoms with Gasteiger partial charge in [0.25, 0.3) is 0 Å². The molecular weight excluding hydrogens is 224 g/mol. The smallest absolute Gasteiger partial charge is 0.167 e. The predicted octanol–water partition coefficient (Wildman–Crippen LogP) is 2.50. The maximum atomic E-state index is 11.9. The lowest BCUT2D eigenvalue weighted by Crippen LogP contribution is -2.02. The van der Waals surface area contributed by atoms with Crippen LogP contribution in [0, 0.1) is 0 Å². The molecule has 0 fully saturated rings. The van der Waals surface area contributed by atoms with Gasteiger partial charge in [-0.15, -0.1) is 0 Å². The number of ketones is 1. The van der Waals surface area contributed by atoms with Crippen molar-refractivity contribution in [1.29, 1.82) is 0 Å². The monoisotopic (exact) mass is 234 g/mol. The van der Waals surface area contributed by atoms with Crippen molar-refractivity contribution >= 4 is 17.4 Å². The predicted molar refractivity (Wildman–Crippen MR) is 62.7 cm³/mol. The van der Waals surface area contributed by atoms with Gasteiger partial charge >= 0.3 is 0 Å². The largest absolute Gasteiger partial charge is 0.294 e. The number of hydrogen-bond donors (Lipinski definition) is 0. The zero-order valence-corrected chi connectivity index (χ0v) is 9.61. The van der Waals surface area contributed by atoms with Gasteiger partial charge in [-0.3, -0.25) is 9.48 Å². The number of rotatable bonds is 3. The van der Waals surface area contributed by atoms with Gasteiger partial charge < -0.3 is 0 Å². The van der Waals surface area contributed by atoms with Gasteiger partial charge in [0.05, 0.1) is 6.20 Å². The first-order valence-electron chi connectivity index (χ1n) is 4.91. The van der Waals surface area contributed by atoms with E-state index in [2.05, 4.69) is 5.10 Å². The summed E-state index contributed by atoms with van der Waals surface area (Å²) in [7, 11) is 1.83. The van der Waals surface area contributed by atoms with E-state index in [1.54, 1.807) is 35.1 Å². The van der Waals surface area contributed by atoms with E-state index in [0.717, 1.165) is 5.56 Å². The lowest BCUT2D eigenvalue weighted by atomic mass is 10.1. The van der Waals surface area contributed by atoms with Crippen LogP contribution >= 0.6 is 11.6 Å². The van der Waals surface area contributed by atoms with E-state index in [0.29, 0.717) is 17.0 Å². The molecule has 0 aliphatic rings. The van der Waals surface area contributed by atoms with Crippen LogP contribution < -0.4 is 0 Å². The van der Waals surface area contributed by atoms with Gasteiger partial charge in [-0.1, -0.05) is 11.6 Å². The first kappa shape index (κ1) is 10.9. The quantitative estimate of drug-likeness (QED) is 0.765. The summed E-state index contributed by atoms with van der Waals surface area (Å²) in [5, 5.41) is 4.66. The van der Waals surface area contributed by atoms with Crippen molar-refractivity contribution in [2.75, 3.05) is 0 Å². The average molecular weight is 235 g/mol. The molecule has 0 N–H and O–H groups in total. The highest BCUT2D eigenvalue weighted by Gasteiger charge is 2.07. The van der Waals surface area contributed by atoms with Crippen molar-refractivity contribution < 1.29 is 4.79 Å². The molecule has 16 heavy (non-hydrogen) atoms. The number of halogens is 1. The zero-order chi connectivity index (χ0) is 11.5. The molecule has 1 heterocycles. The van der Waals surface area contributed by atoms with Crippen LogP contribution in [0.25, 0.3) is 0 Å². The molecule has 0 radical (unpaired) electrons. The summed E-state index contributed by atoms with van der Waals surface area (Å²) in [6.07, 6.45) is 3.91. The van der Waals surface area contributed by atoms with Crippen LogP contribution in [0.5, 0.6) is 0 Å². The molecule has 0 spiro atoms. The molecule has 82 valence electrons. The van der Waals surface area contributed by atoms with E-state index in [4.69, 9.17) is 11.6 Å². The second-order valence-corrected chi connectivity index (χ2v) is 4.07. The fraction of sp³-hybridized carbons (Fsp3) is 0.167. The Morgan fingerprint density at radius 1 is 1.38 bits per heavy atom. The normalized spacial score (nSPS) is 10.4. The first-order valence-corrected chi connectivity index (χ1v) is 5.29. The van der Waals surface area contributed by atoms with Crippen molar-refractivity contribution in [2.24, 2.45) is 7.05 Å². The molecule has 2 aromatic rings. The zero-order valence-electron chi connectivity index (χ0n) is 8.85. The van der Waals surface area contributed by atoms with Gasteiger partial charge in [0.15, 0.2) is 5.78 Å². The van der Waals surface area contributed by atoms with Crippen molar-refractivity contribution in [3.05, 3.63) is 52.8 Å². The fourth-order valence-electron chi connectivity index (χ4n) is 1.49. The summed E-state index contributed by atoms with van der Waals surface area (Å²) in [4.78, 5) is 11.9. The van der Waals surface area contributed by atoms with Gasteiger partial charge in [0, 0.05) is 30.3 Å². The van der Waals surface area contributed by atoms with Crippen LogP contribution in [0.1, 0.15) is 15.9 Å². The van der Waals surface area contributed by atoms with Crippen LogP contribution in [-0.2, 0) is 13.5 Å². The van der Waals surface area contributed by atoms with E-state index in [1.165, 1.54) is 0 Å². The summed E-state index contributed by atoms with van der Waals surface area (Å²) < 4.78 is 1.68. The average Bonchev–Trinajstić information content (AvgIpc) is 2.65. The molecule has 0 aliphatic carbocycles. The lowest BCUT2D eigenvalue weighted by molar-refractivity contribution is 0.0993. The summed E-state index contributed by atoms with van der Waals surface area (Å²) in [5.41, 5.74) is 1.59. The number of carbonyl (C=O) groups excluding carboxylic acids is 1. The molecule has 4 heteroatoms. The maximum Gasteiger partial charge on any atom is 0.167 e.